The van der Waals surface area contributed by atoms with Gasteiger partial charge in [-0.05, 0) is 53.5 Å². The molecule has 28 heavy (non-hydrogen) atoms. The van der Waals surface area contributed by atoms with E-state index in [4.69, 9.17) is 27.6 Å². The Morgan fingerprint density at radius 3 is 2.36 bits per heavy atom. The van der Waals surface area contributed by atoms with E-state index in [1.807, 2.05) is 0 Å². The maximum absolute atomic E-state index is 11.6. The van der Waals surface area contributed by atoms with Crippen LogP contribution in [0.1, 0.15) is 0 Å². The van der Waals surface area contributed by atoms with Gasteiger partial charge >= 0.3 is 0 Å². The number of aromatic nitrogens is 4. The van der Waals surface area contributed by atoms with E-state index in [1.165, 1.54) is 18.2 Å². The number of halogens is 2. The summed E-state index contributed by atoms with van der Waals surface area (Å²) in [6.45, 7) is 0. The summed E-state index contributed by atoms with van der Waals surface area (Å²) in [6.07, 6.45) is 0. The summed E-state index contributed by atoms with van der Waals surface area (Å²) < 4.78 is 38.2. The van der Waals surface area contributed by atoms with Gasteiger partial charge in [-0.1, -0.05) is 12.1 Å². The third-order valence-corrected chi connectivity index (χ3v) is 4.83. The molecule has 2 aromatic heterocycles. The molecule has 9 nitrogen and oxygen atoms in total. The lowest BCUT2D eigenvalue weighted by molar-refractivity contribution is 0.483. The van der Waals surface area contributed by atoms with E-state index >= 15 is 0 Å². The van der Waals surface area contributed by atoms with E-state index in [0.717, 1.165) is 0 Å². The maximum atomic E-state index is 11.6. The van der Waals surface area contributed by atoms with Crippen LogP contribution in [0.5, 0.6) is 0 Å². The third kappa shape index (κ3) is 3.76. The number of benzene rings is 2. The van der Waals surface area contributed by atoms with Crippen LogP contribution in [0.2, 0.25) is 10.6 Å². The standard InChI is InChI=1S/C16H9Cl2N5O4S/c17-14-21-15(18)23-16(22-14)20-10-6-5-8(28(24,25)26)7-9(10)13-19-11-3-1-2-4-12(11)27-13/h1-7H,(H,24,25,26)(H,20,21,22,23). The van der Waals surface area contributed by atoms with Crippen LogP contribution in [-0.2, 0) is 10.1 Å². The van der Waals surface area contributed by atoms with Crippen LogP contribution >= 0.6 is 23.2 Å². The quantitative estimate of drug-likeness (QED) is 0.454. The van der Waals surface area contributed by atoms with E-state index in [9.17, 15) is 13.0 Å². The topological polar surface area (TPSA) is 131 Å². The fourth-order valence-electron chi connectivity index (χ4n) is 2.46. The Labute approximate surface area is 168 Å². The van der Waals surface area contributed by atoms with Gasteiger partial charge < -0.3 is 9.73 Å². The zero-order valence-corrected chi connectivity index (χ0v) is 16.0. The molecule has 142 valence electrons. The van der Waals surface area contributed by atoms with E-state index in [1.54, 1.807) is 24.3 Å². The zero-order chi connectivity index (χ0) is 19.9. The van der Waals surface area contributed by atoms with Crippen LogP contribution in [0.25, 0.3) is 22.6 Å². The van der Waals surface area contributed by atoms with Crippen LogP contribution < -0.4 is 5.32 Å². The van der Waals surface area contributed by atoms with Gasteiger partial charge in [-0.2, -0.15) is 23.4 Å². The number of nitrogens with one attached hydrogen (secondary N) is 1. The first kappa shape index (κ1) is 18.6. The molecule has 0 spiro atoms. The third-order valence-electron chi connectivity index (χ3n) is 3.64. The predicted octanol–water partition coefficient (Wildman–Crippen LogP) is 3.98. The fourth-order valence-corrected chi connectivity index (χ4v) is 3.33. The normalized spacial score (nSPS) is 11.7. The van der Waals surface area contributed by atoms with Crippen molar-refractivity contribution in [3.8, 4) is 11.5 Å². The highest BCUT2D eigenvalue weighted by Gasteiger charge is 2.19. The molecule has 2 heterocycles. The minimum absolute atomic E-state index is 0.0296. The lowest BCUT2D eigenvalue weighted by Crippen LogP contribution is -2.03. The highest BCUT2D eigenvalue weighted by molar-refractivity contribution is 7.85. The predicted molar refractivity (Wildman–Crippen MR) is 102 cm³/mol. The lowest BCUT2D eigenvalue weighted by Gasteiger charge is -2.10. The molecule has 12 heteroatoms. The van der Waals surface area contributed by atoms with Gasteiger partial charge in [-0.25, -0.2) is 4.98 Å². The number of hydrogen-bond donors (Lipinski definition) is 2. The van der Waals surface area contributed by atoms with Crippen molar-refractivity contribution < 1.29 is 17.4 Å². The average Bonchev–Trinajstić information content (AvgIpc) is 3.04. The molecule has 0 amide bonds. The molecule has 0 fully saturated rings. The first-order valence-electron chi connectivity index (χ1n) is 7.61. The Morgan fingerprint density at radius 1 is 0.964 bits per heavy atom. The monoisotopic (exact) mass is 437 g/mol. The smallest absolute Gasteiger partial charge is 0.294 e. The van der Waals surface area contributed by atoms with Crippen molar-refractivity contribution in [2.75, 3.05) is 5.32 Å². The van der Waals surface area contributed by atoms with Crippen molar-refractivity contribution in [3.63, 3.8) is 0 Å². The Kier molecular flexibility index (Phi) is 4.63. The number of hydrogen-bond acceptors (Lipinski definition) is 8. The molecule has 0 aliphatic carbocycles. The highest BCUT2D eigenvalue weighted by atomic mass is 35.5. The minimum Gasteiger partial charge on any atom is -0.436 e. The molecular formula is C16H9Cl2N5O4S. The van der Waals surface area contributed by atoms with Crippen LogP contribution in [-0.4, -0.2) is 32.9 Å². The summed E-state index contributed by atoms with van der Waals surface area (Å²) in [4.78, 5) is 15.5. The summed E-state index contributed by atoms with van der Waals surface area (Å²) in [5.74, 6) is 0.155. The van der Waals surface area contributed by atoms with Crippen molar-refractivity contribution in [3.05, 3.63) is 53.0 Å². The minimum atomic E-state index is -4.45. The second kappa shape index (κ2) is 6.99. The molecule has 0 atom stereocenters. The first-order chi connectivity index (χ1) is 13.3. The van der Waals surface area contributed by atoms with Crippen LogP contribution in [0, 0.1) is 0 Å². The number of anilines is 2. The van der Waals surface area contributed by atoms with Crippen molar-refractivity contribution in [1.29, 1.82) is 0 Å². The molecule has 0 unspecified atom stereocenters. The van der Waals surface area contributed by atoms with Gasteiger partial charge in [-0.15, -0.1) is 0 Å². The molecule has 2 aromatic carbocycles. The zero-order valence-electron chi connectivity index (χ0n) is 13.7. The van der Waals surface area contributed by atoms with Gasteiger partial charge in [0.1, 0.15) is 5.52 Å². The van der Waals surface area contributed by atoms with E-state index in [2.05, 4.69) is 25.3 Å². The first-order valence-corrected chi connectivity index (χ1v) is 9.81. The van der Waals surface area contributed by atoms with Crippen molar-refractivity contribution >= 4 is 56.1 Å². The van der Waals surface area contributed by atoms with Gasteiger partial charge in [0.15, 0.2) is 5.58 Å². The fraction of sp³-hybridized carbons (Fsp3) is 0. The number of fused-ring (bicyclic) bond motifs is 1. The van der Waals surface area contributed by atoms with Gasteiger partial charge in [0.25, 0.3) is 10.1 Å². The molecule has 0 aliphatic rings. The largest absolute Gasteiger partial charge is 0.436 e. The van der Waals surface area contributed by atoms with Crippen molar-refractivity contribution in [2.24, 2.45) is 0 Å². The Hall–Kier alpha value is -2.79. The SMILES string of the molecule is O=S(=O)(O)c1ccc(Nc2nc(Cl)nc(Cl)n2)c(-c2nc3ccccc3o2)c1. The highest BCUT2D eigenvalue weighted by Crippen LogP contribution is 2.33. The molecule has 0 aliphatic heterocycles. The van der Waals surface area contributed by atoms with Crippen molar-refractivity contribution in [1.82, 2.24) is 19.9 Å². The Balaban J connectivity index is 1.88. The molecule has 0 bridgehead atoms. The summed E-state index contributed by atoms with van der Waals surface area (Å²) in [6, 6.07) is 10.8. The van der Waals surface area contributed by atoms with E-state index < -0.39 is 10.1 Å². The second-order valence-electron chi connectivity index (χ2n) is 5.49. The van der Waals surface area contributed by atoms with E-state index in [-0.39, 0.29) is 32.9 Å². The number of nitrogens with zero attached hydrogens (tertiary/aromatic N) is 4. The van der Waals surface area contributed by atoms with Crippen molar-refractivity contribution in [2.45, 2.75) is 4.90 Å². The summed E-state index contributed by atoms with van der Waals surface area (Å²) >= 11 is 11.6. The van der Waals surface area contributed by atoms with Gasteiger partial charge in [0, 0.05) is 0 Å². The molecule has 2 N–H and O–H groups in total. The number of para-hydroxylation sites is 2. The van der Waals surface area contributed by atoms with Gasteiger partial charge in [-0.3, -0.25) is 4.55 Å². The van der Waals surface area contributed by atoms with Gasteiger partial charge in [0.05, 0.1) is 16.1 Å². The maximum Gasteiger partial charge on any atom is 0.294 e. The summed E-state index contributed by atoms with van der Waals surface area (Å²) in [5, 5.41) is 2.62. The second-order valence-corrected chi connectivity index (χ2v) is 7.59. The van der Waals surface area contributed by atoms with Gasteiger partial charge in [0.2, 0.25) is 22.4 Å². The Morgan fingerprint density at radius 2 is 1.68 bits per heavy atom. The van der Waals surface area contributed by atoms with Crippen LogP contribution in [0.4, 0.5) is 11.6 Å². The summed E-state index contributed by atoms with van der Waals surface area (Å²) in [7, 11) is -4.45. The molecule has 4 rings (SSSR count). The van der Waals surface area contributed by atoms with Crippen LogP contribution in [0.15, 0.2) is 51.8 Å². The van der Waals surface area contributed by atoms with Crippen LogP contribution in [0.3, 0.4) is 0 Å². The Bertz CT molecular complexity index is 1260. The molecule has 4 aromatic rings. The van der Waals surface area contributed by atoms with E-state index in [0.29, 0.717) is 16.8 Å². The molecular weight excluding hydrogens is 429 g/mol. The average molecular weight is 438 g/mol. The molecule has 0 saturated heterocycles. The molecule has 0 radical (unpaired) electrons. The molecule has 0 saturated carbocycles. The number of oxazole rings is 1. The lowest BCUT2D eigenvalue weighted by atomic mass is 10.1. The number of rotatable bonds is 4. The summed E-state index contributed by atoms with van der Waals surface area (Å²) in [5.41, 5.74) is 1.68.